The van der Waals surface area contributed by atoms with E-state index in [-0.39, 0.29) is 0 Å². The van der Waals surface area contributed by atoms with Gasteiger partial charge in [-0.3, -0.25) is 10.00 Å². The summed E-state index contributed by atoms with van der Waals surface area (Å²) in [6.45, 7) is 2.41. The summed E-state index contributed by atoms with van der Waals surface area (Å²) in [7, 11) is 0. The molecule has 0 aliphatic carbocycles. The second kappa shape index (κ2) is 6.30. The molecule has 0 amide bonds. The molecule has 18 heavy (non-hydrogen) atoms. The van der Waals surface area contributed by atoms with Gasteiger partial charge in [0.05, 0.1) is 0 Å². The summed E-state index contributed by atoms with van der Waals surface area (Å²) in [6, 6.07) is 0.758. The molecule has 4 nitrogen and oxygen atoms in total. The van der Waals surface area contributed by atoms with E-state index in [4.69, 9.17) is 0 Å². The first-order valence-electron chi connectivity index (χ1n) is 6.68. The molecule has 2 fully saturated rings. The van der Waals surface area contributed by atoms with E-state index in [9.17, 15) is 0 Å². The summed E-state index contributed by atoms with van der Waals surface area (Å²) in [5.41, 5.74) is 0. The molecule has 2 aliphatic rings. The van der Waals surface area contributed by atoms with Crippen LogP contribution in [-0.2, 0) is 0 Å². The van der Waals surface area contributed by atoms with E-state index < -0.39 is 0 Å². The Morgan fingerprint density at radius 2 is 2.11 bits per heavy atom. The van der Waals surface area contributed by atoms with E-state index in [1.807, 2.05) is 0 Å². The third-order valence-corrected chi connectivity index (χ3v) is 6.27. The van der Waals surface area contributed by atoms with Gasteiger partial charge in [-0.25, -0.2) is 4.98 Å². The number of aromatic nitrogens is 3. The van der Waals surface area contributed by atoms with Crippen LogP contribution in [0.2, 0.25) is 0 Å². The summed E-state index contributed by atoms with van der Waals surface area (Å²) < 4.78 is 0. The van der Waals surface area contributed by atoms with Gasteiger partial charge in [-0.1, -0.05) is 0 Å². The van der Waals surface area contributed by atoms with Crippen LogP contribution in [0.15, 0.2) is 6.33 Å². The van der Waals surface area contributed by atoms with Gasteiger partial charge >= 0.3 is 0 Å². The van der Waals surface area contributed by atoms with Crippen LogP contribution in [0.5, 0.6) is 0 Å². The van der Waals surface area contributed by atoms with Crippen LogP contribution in [0, 0.1) is 0 Å². The Morgan fingerprint density at radius 3 is 2.83 bits per heavy atom. The number of hydrogen-bond acceptors (Lipinski definition) is 5. The van der Waals surface area contributed by atoms with Crippen molar-refractivity contribution in [3.8, 4) is 0 Å². The third kappa shape index (κ3) is 3.03. The number of H-pyrrole nitrogens is 1. The Morgan fingerprint density at radius 1 is 1.28 bits per heavy atom. The Labute approximate surface area is 117 Å². The number of nitrogens with zero attached hydrogens (tertiary/aromatic N) is 3. The first kappa shape index (κ1) is 12.8. The summed E-state index contributed by atoms with van der Waals surface area (Å²) in [6.07, 6.45) is 4.17. The maximum absolute atomic E-state index is 4.33. The highest BCUT2D eigenvalue weighted by atomic mass is 32.2. The average Bonchev–Trinajstić information content (AvgIpc) is 2.82. The monoisotopic (exact) mass is 284 g/mol. The summed E-state index contributed by atoms with van der Waals surface area (Å²) in [4.78, 5) is 7.02. The van der Waals surface area contributed by atoms with Gasteiger partial charge in [0.1, 0.15) is 12.2 Å². The minimum absolute atomic E-state index is 0.555. The molecule has 3 rings (SSSR count). The average molecular weight is 284 g/mol. The predicted octanol–water partition coefficient (Wildman–Crippen LogP) is 1.83. The van der Waals surface area contributed by atoms with Crippen molar-refractivity contribution < 1.29 is 0 Å². The van der Waals surface area contributed by atoms with Gasteiger partial charge in [0.2, 0.25) is 0 Å². The summed E-state index contributed by atoms with van der Waals surface area (Å²) in [5.74, 6) is 6.88. The fourth-order valence-corrected chi connectivity index (χ4v) is 5.42. The topological polar surface area (TPSA) is 44.8 Å². The number of aromatic amines is 1. The highest BCUT2D eigenvalue weighted by Crippen LogP contribution is 2.28. The summed E-state index contributed by atoms with van der Waals surface area (Å²) >= 11 is 4.24. The zero-order chi connectivity index (χ0) is 12.2. The molecule has 1 aromatic heterocycles. The lowest BCUT2D eigenvalue weighted by Crippen LogP contribution is -2.44. The van der Waals surface area contributed by atoms with Gasteiger partial charge in [0.25, 0.3) is 0 Å². The fourth-order valence-electron chi connectivity index (χ4n) is 2.79. The lowest BCUT2D eigenvalue weighted by molar-refractivity contribution is 0.170. The molecule has 2 saturated heterocycles. The molecular weight excluding hydrogens is 264 g/mol. The number of piperidine rings is 1. The van der Waals surface area contributed by atoms with Crippen molar-refractivity contribution in [2.45, 2.75) is 24.8 Å². The van der Waals surface area contributed by atoms with E-state index >= 15 is 0 Å². The Kier molecular flexibility index (Phi) is 4.49. The Bertz CT molecular complexity index is 349. The quantitative estimate of drug-likeness (QED) is 0.898. The van der Waals surface area contributed by atoms with Crippen LogP contribution in [0.3, 0.4) is 0 Å². The zero-order valence-electron chi connectivity index (χ0n) is 10.5. The van der Waals surface area contributed by atoms with Gasteiger partial charge in [0, 0.05) is 41.5 Å². The van der Waals surface area contributed by atoms with E-state index in [0.717, 1.165) is 18.4 Å². The molecule has 1 atom stereocenters. The highest BCUT2D eigenvalue weighted by Gasteiger charge is 2.28. The Balaban J connectivity index is 1.62. The second-order valence-corrected chi connectivity index (χ2v) is 7.31. The number of rotatable bonds is 2. The molecule has 2 aliphatic heterocycles. The molecule has 1 unspecified atom stereocenters. The lowest BCUT2D eigenvalue weighted by atomic mass is 9.96. The summed E-state index contributed by atoms with van der Waals surface area (Å²) in [5, 5.41) is 7.03. The fraction of sp³-hybridized carbons (Fsp3) is 0.833. The van der Waals surface area contributed by atoms with Crippen molar-refractivity contribution in [3.63, 3.8) is 0 Å². The highest BCUT2D eigenvalue weighted by molar-refractivity contribution is 8.03. The molecule has 0 saturated carbocycles. The maximum atomic E-state index is 4.33. The zero-order valence-corrected chi connectivity index (χ0v) is 12.2. The molecule has 0 radical (unpaired) electrons. The molecule has 3 heterocycles. The first-order valence-corrected chi connectivity index (χ1v) is 8.99. The molecular formula is C12H20N4S2. The molecule has 0 spiro atoms. The van der Waals surface area contributed by atoms with Crippen LogP contribution in [0.1, 0.15) is 24.6 Å². The number of likely N-dealkylation sites (tertiary alicyclic amines) is 1. The van der Waals surface area contributed by atoms with Crippen molar-refractivity contribution >= 4 is 23.5 Å². The van der Waals surface area contributed by atoms with E-state index in [1.54, 1.807) is 6.33 Å². The van der Waals surface area contributed by atoms with Crippen molar-refractivity contribution in [2.75, 3.05) is 36.1 Å². The number of nitrogens with one attached hydrogen (secondary N) is 1. The minimum Gasteiger partial charge on any atom is -0.298 e. The van der Waals surface area contributed by atoms with Gasteiger partial charge in [-0.2, -0.15) is 28.6 Å². The maximum Gasteiger partial charge on any atom is 0.137 e. The molecule has 6 heteroatoms. The van der Waals surface area contributed by atoms with Crippen molar-refractivity contribution in [3.05, 3.63) is 12.2 Å². The third-order valence-electron chi connectivity index (χ3n) is 3.78. The van der Waals surface area contributed by atoms with Gasteiger partial charge in [-0.15, -0.1) is 0 Å². The minimum atomic E-state index is 0.555. The van der Waals surface area contributed by atoms with E-state index in [0.29, 0.717) is 5.92 Å². The van der Waals surface area contributed by atoms with Crippen molar-refractivity contribution in [2.24, 2.45) is 0 Å². The molecule has 1 N–H and O–H groups in total. The number of thioether (sulfide) groups is 2. The largest absolute Gasteiger partial charge is 0.298 e. The molecule has 0 bridgehead atoms. The lowest BCUT2D eigenvalue weighted by Gasteiger charge is -2.37. The van der Waals surface area contributed by atoms with Gasteiger partial charge in [0.15, 0.2) is 0 Å². The standard InChI is InChI=1S/C12H20N4S2/c1-2-10(12-13-9-14-15-12)6-16(3-1)11-7-17-4-5-18-8-11/h9-11H,1-8H2,(H,13,14,15). The van der Waals surface area contributed by atoms with Gasteiger partial charge in [-0.05, 0) is 19.4 Å². The van der Waals surface area contributed by atoms with Crippen LogP contribution < -0.4 is 0 Å². The van der Waals surface area contributed by atoms with Gasteiger partial charge < -0.3 is 0 Å². The van der Waals surface area contributed by atoms with E-state index in [2.05, 4.69) is 43.6 Å². The van der Waals surface area contributed by atoms with Crippen molar-refractivity contribution in [1.82, 2.24) is 20.1 Å². The first-order chi connectivity index (χ1) is 8.93. The van der Waals surface area contributed by atoms with Crippen LogP contribution in [0.4, 0.5) is 0 Å². The predicted molar refractivity (Wildman–Crippen MR) is 78.4 cm³/mol. The Hall–Kier alpha value is -0.200. The normalized spacial score (nSPS) is 28.1. The number of hydrogen-bond donors (Lipinski definition) is 1. The molecule has 100 valence electrons. The second-order valence-electron chi connectivity index (χ2n) is 5.01. The van der Waals surface area contributed by atoms with Crippen LogP contribution >= 0.6 is 23.5 Å². The molecule has 0 aromatic carbocycles. The SMILES string of the molecule is c1n[nH]c(C2CCCN(C3CSCCSC3)C2)n1. The van der Waals surface area contributed by atoms with Crippen LogP contribution in [0.25, 0.3) is 0 Å². The van der Waals surface area contributed by atoms with Crippen molar-refractivity contribution in [1.29, 1.82) is 0 Å². The molecule has 1 aromatic rings. The smallest absolute Gasteiger partial charge is 0.137 e. The van der Waals surface area contributed by atoms with Crippen LogP contribution in [-0.4, -0.2) is 62.2 Å². The van der Waals surface area contributed by atoms with E-state index in [1.165, 1.54) is 42.4 Å².